The van der Waals surface area contributed by atoms with Gasteiger partial charge in [0.25, 0.3) is 0 Å². The average Bonchev–Trinajstić information content (AvgIpc) is 2.59. The van der Waals surface area contributed by atoms with Crippen molar-refractivity contribution in [2.45, 2.75) is 82.0 Å². The average molecular weight is 224 g/mol. The summed E-state index contributed by atoms with van der Waals surface area (Å²) in [6, 6.07) is 0. The van der Waals surface area contributed by atoms with Gasteiger partial charge in [-0.1, -0.05) is 32.1 Å². The molecule has 3 aliphatic rings. The highest BCUT2D eigenvalue weighted by atomic mass is 16.5. The monoisotopic (exact) mass is 224 g/mol. The van der Waals surface area contributed by atoms with Gasteiger partial charge in [0.05, 0.1) is 17.8 Å². The van der Waals surface area contributed by atoms with E-state index < -0.39 is 0 Å². The number of fused-ring (bicyclic) bond motifs is 2. The van der Waals surface area contributed by atoms with Gasteiger partial charge in [-0.3, -0.25) is 0 Å². The van der Waals surface area contributed by atoms with Crippen LogP contribution in [0.3, 0.4) is 0 Å². The molecule has 0 spiro atoms. The molecule has 0 aromatic heterocycles. The van der Waals surface area contributed by atoms with E-state index in [1.54, 1.807) is 0 Å². The molecule has 2 heterocycles. The lowest BCUT2D eigenvalue weighted by Gasteiger charge is -2.39. The summed E-state index contributed by atoms with van der Waals surface area (Å²) in [4.78, 5) is 0. The minimum atomic E-state index is -0.383. The first-order chi connectivity index (χ1) is 7.73. The molecular weight excluding hydrogens is 200 g/mol. The highest BCUT2D eigenvalue weighted by Gasteiger charge is 2.44. The third kappa shape index (κ3) is 2.28. The van der Waals surface area contributed by atoms with Crippen LogP contribution in [0.4, 0.5) is 0 Å². The van der Waals surface area contributed by atoms with Crippen molar-refractivity contribution in [3.05, 3.63) is 0 Å². The fraction of sp³-hybridized carbons (Fsp3) is 1.00. The Bertz CT molecular complexity index is 233. The van der Waals surface area contributed by atoms with Crippen molar-refractivity contribution in [1.82, 2.24) is 0 Å². The third-order valence-corrected chi connectivity index (χ3v) is 4.80. The summed E-state index contributed by atoms with van der Waals surface area (Å²) in [5, 5.41) is 10.7. The van der Waals surface area contributed by atoms with Crippen molar-refractivity contribution in [1.29, 1.82) is 0 Å². The van der Waals surface area contributed by atoms with Crippen LogP contribution in [0.5, 0.6) is 0 Å². The first-order valence-corrected chi connectivity index (χ1v) is 7.11. The van der Waals surface area contributed by atoms with Crippen molar-refractivity contribution in [3.8, 4) is 0 Å². The third-order valence-electron chi connectivity index (χ3n) is 4.80. The fourth-order valence-electron chi connectivity index (χ4n) is 4.11. The second-order valence-corrected chi connectivity index (χ2v) is 6.30. The summed E-state index contributed by atoms with van der Waals surface area (Å²) in [7, 11) is 0. The van der Waals surface area contributed by atoms with Gasteiger partial charge in [0.1, 0.15) is 0 Å². The Morgan fingerprint density at radius 1 is 0.938 bits per heavy atom. The van der Waals surface area contributed by atoms with Crippen LogP contribution in [0, 0.1) is 5.92 Å². The van der Waals surface area contributed by atoms with E-state index in [2.05, 4.69) is 0 Å². The highest BCUT2D eigenvalue weighted by Crippen LogP contribution is 2.43. The molecule has 92 valence electrons. The Morgan fingerprint density at radius 3 is 2.19 bits per heavy atom. The molecule has 3 fully saturated rings. The predicted octanol–water partition coefficient (Wildman–Crippen LogP) is 3.03. The van der Waals surface area contributed by atoms with Gasteiger partial charge in [0, 0.05) is 12.8 Å². The van der Waals surface area contributed by atoms with Crippen molar-refractivity contribution in [2.75, 3.05) is 0 Å². The van der Waals surface area contributed by atoms with E-state index in [4.69, 9.17) is 4.74 Å². The lowest BCUT2D eigenvalue weighted by molar-refractivity contribution is -0.121. The Balaban J connectivity index is 1.60. The first kappa shape index (κ1) is 11.0. The van der Waals surface area contributed by atoms with E-state index in [9.17, 15) is 5.11 Å². The van der Waals surface area contributed by atoms with Crippen LogP contribution in [0.15, 0.2) is 0 Å². The maximum atomic E-state index is 10.7. The zero-order chi connectivity index (χ0) is 11.0. The van der Waals surface area contributed by atoms with Crippen molar-refractivity contribution < 1.29 is 9.84 Å². The molecule has 2 unspecified atom stereocenters. The summed E-state index contributed by atoms with van der Waals surface area (Å²) in [5.74, 6) is 0.788. The molecule has 3 rings (SSSR count). The minimum Gasteiger partial charge on any atom is -0.390 e. The molecule has 0 amide bonds. The largest absolute Gasteiger partial charge is 0.390 e. The number of ether oxygens (including phenoxy) is 1. The van der Waals surface area contributed by atoms with Crippen molar-refractivity contribution in [2.24, 2.45) is 5.92 Å². The van der Waals surface area contributed by atoms with Crippen LogP contribution in [-0.4, -0.2) is 22.9 Å². The minimum absolute atomic E-state index is 0.368. The molecular formula is C14H24O2. The van der Waals surface area contributed by atoms with Gasteiger partial charge in [0.15, 0.2) is 0 Å². The van der Waals surface area contributed by atoms with Crippen molar-refractivity contribution in [3.63, 3.8) is 0 Å². The quantitative estimate of drug-likeness (QED) is 0.781. The lowest BCUT2D eigenvalue weighted by Crippen LogP contribution is -2.42. The summed E-state index contributed by atoms with van der Waals surface area (Å²) in [6.07, 6.45) is 12.8. The zero-order valence-electron chi connectivity index (χ0n) is 10.2. The van der Waals surface area contributed by atoms with Gasteiger partial charge in [-0.2, -0.15) is 0 Å². The molecule has 2 saturated heterocycles. The van der Waals surface area contributed by atoms with Gasteiger partial charge in [-0.15, -0.1) is 0 Å². The number of hydrogen-bond acceptors (Lipinski definition) is 2. The van der Waals surface area contributed by atoms with Crippen LogP contribution in [-0.2, 0) is 4.74 Å². The summed E-state index contributed by atoms with van der Waals surface area (Å²) >= 11 is 0. The molecule has 1 N–H and O–H groups in total. The molecule has 2 heteroatoms. The fourth-order valence-corrected chi connectivity index (χ4v) is 4.11. The van der Waals surface area contributed by atoms with E-state index >= 15 is 0 Å². The standard InChI is InChI=1S/C14H24O2/c15-14(8-11-4-2-1-3-5-11)9-12-6-7-13(10-14)16-12/h11-13,15H,1-10H2. The lowest BCUT2D eigenvalue weighted by atomic mass is 9.77. The number of hydrogen-bond donors (Lipinski definition) is 1. The Labute approximate surface area is 98.4 Å². The van der Waals surface area contributed by atoms with Gasteiger partial charge in [-0.05, 0) is 25.2 Å². The molecule has 2 nitrogen and oxygen atoms in total. The van der Waals surface area contributed by atoms with Crippen LogP contribution in [0.1, 0.15) is 64.2 Å². The zero-order valence-corrected chi connectivity index (χ0v) is 10.2. The summed E-state index contributed by atoms with van der Waals surface area (Å²) in [5.41, 5.74) is -0.383. The molecule has 2 atom stereocenters. The van der Waals surface area contributed by atoms with Crippen molar-refractivity contribution >= 4 is 0 Å². The van der Waals surface area contributed by atoms with Gasteiger partial charge in [0.2, 0.25) is 0 Å². The molecule has 2 bridgehead atoms. The molecule has 1 saturated carbocycles. The van der Waals surface area contributed by atoms with E-state index in [-0.39, 0.29) is 5.60 Å². The van der Waals surface area contributed by atoms with E-state index in [1.807, 2.05) is 0 Å². The molecule has 0 aromatic rings. The Hall–Kier alpha value is -0.0800. The molecule has 16 heavy (non-hydrogen) atoms. The van der Waals surface area contributed by atoms with E-state index in [0.717, 1.165) is 25.2 Å². The smallest absolute Gasteiger partial charge is 0.0699 e. The number of rotatable bonds is 2. The normalized spacial score (nSPS) is 44.8. The predicted molar refractivity (Wildman–Crippen MR) is 63.3 cm³/mol. The topological polar surface area (TPSA) is 29.5 Å². The maximum absolute atomic E-state index is 10.7. The molecule has 0 radical (unpaired) electrons. The maximum Gasteiger partial charge on any atom is 0.0699 e. The second-order valence-electron chi connectivity index (χ2n) is 6.30. The second kappa shape index (κ2) is 4.30. The summed E-state index contributed by atoms with van der Waals surface area (Å²) in [6.45, 7) is 0. The van der Waals surface area contributed by atoms with Gasteiger partial charge < -0.3 is 9.84 Å². The number of aliphatic hydroxyl groups is 1. The molecule has 2 aliphatic heterocycles. The van der Waals surface area contributed by atoms with Crippen LogP contribution >= 0.6 is 0 Å². The molecule has 0 aromatic carbocycles. The highest BCUT2D eigenvalue weighted by molar-refractivity contribution is 4.95. The SMILES string of the molecule is OC1(CC2CCCCC2)CC2CCC(C1)O2. The Kier molecular flexibility index (Phi) is 2.97. The Morgan fingerprint density at radius 2 is 1.56 bits per heavy atom. The van der Waals surface area contributed by atoms with Crippen LogP contribution in [0.25, 0.3) is 0 Å². The van der Waals surface area contributed by atoms with E-state index in [0.29, 0.717) is 12.2 Å². The first-order valence-electron chi connectivity index (χ1n) is 7.11. The van der Waals surface area contributed by atoms with Gasteiger partial charge in [-0.25, -0.2) is 0 Å². The van der Waals surface area contributed by atoms with Gasteiger partial charge >= 0.3 is 0 Å². The van der Waals surface area contributed by atoms with Crippen LogP contribution in [0.2, 0.25) is 0 Å². The molecule has 1 aliphatic carbocycles. The van der Waals surface area contributed by atoms with E-state index in [1.165, 1.54) is 44.9 Å². The van der Waals surface area contributed by atoms with Crippen LogP contribution < -0.4 is 0 Å². The summed E-state index contributed by atoms with van der Waals surface area (Å²) < 4.78 is 5.82.